The van der Waals surface area contributed by atoms with Gasteiger partial charge in [0.1, 0.15) is 12.1 Å². The minimum Gasteiger partial charge on any atom is -0.337 e. The van der Waals surface area contributed by atoms with Crippen LogP contribution in [0.15, 0.2) is 29.1 Å². The van der Waals surface area contributed by atoms with Crippen LogP contribution in [0.4, 0.5) is 0 Å². The summed E-state index contributed by atoms with van der Waals surface area (Å²) < 4.78 is 1.14. The van der Waals surface area contributed by atoms with Gasteiger partial charge < -0.3 is 10.6 Å². The molecule has 0 radical (unpaired) electrons. The molecule has 0 spiro atoms. The summed E-state index contributed by atoms with van der Waals surface area (Å²) in [5, 5.41) is 8.36. The van der Waals surface area contributed by atoms with Crippen LogP contribution in [0.2, 0.25) is 0 Å². The summed E-state index contributed by atoms with van der Waals surface area (Å²) >= 11 is 0. The van der Waals surface area contributed by atoms with Gasteiger partial charge in [-0.15, -0.1) is 17.5 Å². The van der Waals surface area contributed by atoms with Gasteiger partial charge in [-0.25, -0.2) is 4.68 Å². The second kappa shape index (κ2) is 7.72. The maximum absolute atomic E-state index is 12.6. The molecule has 1 amide bonds. The average Bonchev–Trinajstić information content (AvgIpc) is 2.57. The third-order valence-corrected chi connectivity index (χ3v) is 4.48. The molecule has 2 aromatic rings. The molecule has 24 heavy (non-hydrogen) atoms. The lowest BCUT2D eigenvalue weighted by Gasteiger charge is -2.38. The van der Waals surface area contributed by atoms with Gasteiger partial charge in [0.15, 0.2) is 0 Å². The minimum absolute atomic E-state index is 0. The maximum Gasteiger partial charge on any atom is 0.278 e. The lowest BCUT2D eigenvalue weighted by Crippen LogP contribution is -2.51. The molecule has 130 valence electrons. The zero-order valence-electron chi connectivity index (χ0n) is 13.6. The second-order valence-electron chi connectivity index (χ2n) is 6.18. The molecule has 7 nitrogen and oxygen atoms in total. The molecule has 1 aromatic carbocycles. The number of nitrogens with two attached hydrogens (primary N) is 1. The number of halogens is 1. The first-order chi connectivity index (χ1) is 11.1. The number of fused-ring (bicyclic) bond motifs is 1. The first-order valence-electron chi connectivity index (χ1n) is 7.92. The number of carbonyl (C=O) groups excluding carboxylic acids is 1. The van der Waals surface area contributed by atoms with Crippen LogP contribution in [0.5, 0.6) is 0 Å². The van der Waals surface area contributed by atoms with Gasteiger partial charge in [-0.2, -0.15) is 0 Å². The van der Waals surface area contributed by atoms with Gasteiger partial charge in [0.25, 0.3) is 5.56 Å². The number of benzene rings is 1. The zero-order chi connectivity index (χ0) is 16.4. The highest BCUT2D eigenvalue weighted by Gasteiger charge is 2.29. The van der Waals surface area contributed by atoms with Crippen LogP contribution in [0.25, 0.3) is 10.9 Å². The fourth-order valence-corrected chi connectivity index (χ4v) is 3.15. The Hall–Kier alpha value is -1.99. The van der Waals surface area contributed by atoms with Crippen molar-refractivity contribution in [1.29, 1.82) is 0 Å². The Kier molecular flexibility index (Phi) is 5.90. The van der Waals surface area contributed by atoms with E-state index in [-0.39, 0.29) is 36.5 Å². The Morgan fingerprint density at radius 2 is 2.12 bits per heavy atom. The van der Waals surface area contributed by atoms with Crippen LogP contribution < -0.4 is 11.3 Å². The molecule has 2 N–H and O–H groups in total. The molecule has 3 rings (SSSR count). The highest BCUT2D eigenvalue weighted by Crippen LogP contribution is 2.22. The van der Waals surface area contributed by atoms with Crippen molar-refractivity contribution in [2.45, 2.75) is 32.4 Å². The van der Waals surface area contributed by atoms with E-state index in [0.29, 0.717) is 29.9 Å². The van der Waals surface area contributed by atoms with E-state index in [4.69, 9.17) is 5.73 Å². The first kappa shape index (κ1) is 18.4. The van der Waals surface area contributed by atoms with Crippen LogP contribution in [0.1, 0.15) is 19.8 Å². The monoisotopic (exact) mass is 351 g/mol. The molecule has 2 unspecified atom stereocenters. The topological polar surface area (TPSA) is 94.1 Å². The maximum atomic E-state index is 12.6. The quantitative estimate of drug-likeness (QED) is 0.882. The van der Waals surface area contributed by atoms with Crippen molar-refractivity contribution in [1.82, 2.24) is 19.9 Å². The van der Waals surface area contributed by atoms with Gasteiger partial charge in [-0.1, -0.05) is 24.3 Å². The summed E-state index contributed by atoms with van der Waals surface area (Å²) in [6, 6.07) is 7.03. The van der Waals surface area contributed by atoms with Crippen LogP contribution in [-0.4, -0.2) is 44.9 Å². The van der Waals surface area contributed by atoms with E-state index in [1.807, 2.05) is 0 Å². The number of nitrogens with zero attached hydrogens (tertiary/aromatic N) is 4. The summed E-state index contributed by atoms with van der Waals surface area (Å²) in [5.74, 6) is 0.440. The number of piperidine rings is 1. The summed E-state index contributed by atoms with van der Waals surface area (Å²) in [4.78, 5) is 26.8. The number of carbonyl (C=O) groups is 1. The van der Waals surface area contributed by atoms with Crippen LogP contribution >= 0.6 is 12.4 Å². The number of likely N-dealkylation sites (tertiary alicyclic amines) is 1. The van der Waals surface area contributed by atoms with Gasteiger partial charge in [0.2, 0.25) is 5.91 Å². The van der Waals surface area contributed by atoms with Crippen molar-refractivity contribution in [3.8, 4) is 0 Å². The average molecular weight is 352 g/mol. The Bertz CT molecular complexity index is 778. The molecular weight excluding hydrogens is 330 g/mol. The minimum atomic E-state index is -0.293. The highest BCUT2D eigenvalue weighted by molar-refractivity contribution is 5.85. The molecule has 0 bridgehead atoms. The van der Waals surface area contributed by atoms with Gasteiger partial charge in [0, 0.05) is 19.1 Å². The Labute approximate surface area is 146 Å². The molecule has 0 saturated carbocycles. The molecule has 1 aromatic heterocycles. The van der Waals surface area contributed by atoms with Crippen LogP contribution in [0.3, 0.4) is 0 Å². The number of hydrogen-bond acceptors (Lipinski definition) is 5. The fraction of sp³-hybridized carbons (Fsp3) is 0.500. The van der Waals surface area contributed by atoms with E-state index in [9.17, 15) is 9.59 Å². The Morgan fingerprint density at radius 3 is 2.88 bits per heavy atom. The standard InChI is InChI=1S/C16H21N5O2.ClH/c1-11-6-7-20(12(8-11)9-17)15(22)10-21-16(23)13-4-2-3-5-14(13)18-19-21;/h2-5,11-12H,6-10,17H2,1H3;1H. The molecular formula is C16H22ClN5O2. The van der Waals surface area contributed by atoms with E-state index >= 15 is 0 Å². The molecule has 2 heterocycles. The predicted molar refractivity (Wildman–Crippen MR) is 94.0 cm³/mol. The molecule has 1 aliphatic heterocycles. The number of aromatic nitrogens is 3. The Morgan fingerprint density at radius 1 is 1.38 bits per heavy atom. The van der Waals surface area contributed by atoms with Crippen molar-refractivity contribution >= 4 is 29.2 Å². The Balaban J connectivity index is 0.00000208. The third kappa shape index (κ3) is 3.57. The lowest BCUT2D eigenvalue weighted by atomic mass is 9.92. The van der Waals surface area contributed by atoms with Crippen molar-refractivity contribution in [3.63, 3.8) is 0 Å². The van der Waals surface area contributed by atoms with Gasteiger partial charge in [-0.05, 0) is 30.9 Å². The largest absolute Gasteiger partial charge is 0.337 e. The van der Waals surface area contributed by atoms with E-state index in [2.05, 4.69) is 17.2 Å². The first-order valence-corrected chi connectivity index (χ1v) is 7.92. The van der Waals surface area contributed by atoms with Crippen molar-refractivity contribution < 1.29 is 4.79 Å². The number of rotatable bonds is 3. The number of hydrogen-bond donors (Lipinski definition) is 1. The third-order valence-electron chi connectivity index (χ3n) is 4.48. The number of amides is 1. The molecule has 1 aliphatic rings. The van der Waals surface area contributed by atoms with E-state index in [0.717, 1.165) is 17.5 Å². The summed E-state index contributed by atoms with van der Waals surface area (Å²) in [5.41, 5.74) is 6.04. The second-order valence-corrected chi connectivity index (χ2v) is 6.18. The highest BCUT2D eigenvalue weighted by atomic mass is 35.5. The van der Waals surface area contributed by atoms with Gasteiger partial charge >= 0.3 is 0 Å². The molecule has 8 heteroatoms. The van der Waals surface area contributed by atoms with Crippen molar-refractivity contribution in [2.24, 2.45) is 11.7 Å². The van der Waals surface area contributed by atoms with Crippen LogP contribution in [0, 0.1) is 5.92 Å². The molecule has 0 aliphatic carbocycles. The zero-order valence-corrected chi connectivity index (χ0v) is 14.4. The summed E-state index contributed by atoms with van der Waals surface area (Å²) in [6.07, 6.45) is 1.86. The van der Waals surface area contributed by atoms with Crippen molar-refractivity contribution in [2.75, 3.05) is 13.1 Å². The molecule has 2 atom stereocenters. The lowest BCUT2D eigenvalue weighted by molar-refractivity contribution is -0.136. The summed E-state index contributed by atoms with van der Waals surface area (Å²) in [7, 11) is 0. The fourth-order valence-electron chi connectivity index (χ4n) is 3.15. The van der Waals surface area contributed by atoms with E-state index in [1.165, 1.54) is 0 Å². The molecule has 1 saturated heterocycles. The van der Waals surface area contributed by atoms with Gasteiger partial charge in [0.05, 0.1) is 5.39 Å². The van der Waals surface area contributed by atoms with Crippen molar-refractivity contribution in [3.05, 3.63) is 34.6 Å². The smallest absolute Gasteiger partial charge is 0.278 e. The van der Waals surface area contributed by atoms with E-state index in [1.54, 1.807) is 29.2 Å². The van der Waals surface area contributed by atoms with E-state index < -0.39 is 0 Å². The molecule has 1 fully saturated rings. The predicted octanol–water partition coefficient (Wildman–Crippen LogP) is 0.799. The SMILES string of the molecule is CC1CCN(C(=O)Cn2nnc3ccccc3c2=O)C(CN)C1.Cl. The van der Waals surface area contributed by atoms with Gasteiger partial charge in [-0.3, -0.25) is 9.59 Å². The summed E-state index contributed by atoms with van der Waals surface area (Å²) in [6.45, 7) is 3.19. The van der Waals surface area contributed by atoms with Crippen LogP contribution in [-0.2, 0) is 11.3 Å². The normalized spacial score (nSPS) is 20.7.